The van der Waals surface area contributed by atoms with Crippen LogP contribution in [0, 0.1) is 25.5 Å². The molecule has 0 atom stereocenters. The highest BCUT2D eigenvalue weighted by Crippen LogP contribution is 2.24. The second-order valence-electron chi connectivity index (χ2n) is 6.25. The molecule has 0 unspecified atom stereocenters. The van der Waals surface area contributed by atoms with Crippen LogP contribution in [0.3, 0.4) is 0 Å². The average molecular weight is 345 g/mol. The molecule has 2 amide bonds. The molecule has 1 aliphatic rings. The van der Waals surface area contributed by atoms with Gasteiger partial charge in [0.15, 0.2) is 0 Å². The van der Waals surface area contributed by atoms with Crippen molar-refractivity contribution in [3.05, 3.63) is 59.2 Å². The molecule has 0 saturated carbocycles. The van der Waals surface area contributed by atoms with E-state index in [1.165, 1.54) is 22.9 Å². The Morgan fingerprint density at radius 3 is 2.44 bits per heavy atom. The van der Waals surface area contributed by atoms with Crippen molar-refractivity contribution in [1.82, 2.24) is 4.90 Å². The Labute approximate surface area is 146 Å². The van der Waals surface area contributed by atoms with Gasteiger partial charge in [-0.1, -0.05) is 12.1 Å². The molecule has 1 fully saturated rings. The lowest BCUT2D eigenvalue weighted by Gasteiger charge is -2.37. The fraction of sp³-hybridized carbons (Fsp3) is 0.316. The monoisotopic (exact) mass is 345 g/mol. The number of hydrogen-bond acceptors (Lipinski definition) is 2. The first-order valence-electron chi connectivity index (χ1n) is 8.28. The van der Waals surface area contributed by atoms with Gasteiger partial charge in [-0.25, -0.2) is 13.6 Å². The first kappa shape index (κ1) is 17.2. The van der Waals surface area contributed by atoms with Crippen molar-refractivity contribution in [2.45, 2.75) is 13.8 Å². The van der Waals surface area contributed by atoms with E-state index in [0.29, 0.717) is 26.2 Å². The molecule has 1 saturated heterocycles. The van der Waals surface area contributed by atoms with Crippen LogP contribution in [-0.2, 0) is 0 Å². The van der Waals surface area contributed by atoms with E-state index in [1.54, 1.807) is 4.90 Å². The molecule has 4 nitrogen and oxygen atoms in total. The summed E-state index contributed by atoms with van der Waals surface area (Å²) in [5.74, 6) is -1.44. The predicted molar refractivity (Wildman–Crippen MR) is 95.1 cm³/mol. The van der Waals surface area contributed by atoms with Gasteiger partial charge in [0.25, 0.3) is 0 Å². The number of halogens is 2. The van der Waals surface area contributed by atoms with Crippen LogP contribution in [0.25, 0.3) is 0 Å². The number of carbonyl (C=O) groups is 1. The van der Waals surface area contributed by atoms with Crippen LogP contribution in [0.15, 0.2) is 36.4 Å². The summed E-state index contributed by atoms with van der Waals surface area (Å²) in [7, 11) is 0. The minimum atomic E-state index is -0.776. The largest absolute Gasteiger partial charge is 0.368 e. The second-order valence-corrected chi connectivity index (χ2v) is 6.25. The summed E-state index contributed by atoms with van der Waals surface area (Å²) in [6.45, 7) is 6.69. The van der Waals surface area contributed by atoms with Crippen molar-refractivity contribution in [3.8, 4) is 0 Å². The molecule has 1 N–H and O–H groups in total. The number of nitrogens with zero attached hydrogens (tertiary/aromatic N) is 2. The minimum Gasteiger partial charge on any atom is -0.368 e. The Morgan fingerprint density at radius 2 is 1.76 bits per heavy atom. The van der Waals surface area contributed by atoms with Gasteiger partial charge >= 0.3 is 6.03 Å². The maximum absolute atomic E-state index is 13.7. The lowest BCUT2D eigenvalue weighted by molar-refractivity contribution is 0.208. The Hall–Kier alpha value is -2.63. The third kappa shape index (κ3) is 3.73. The number of benzene rings is 2. The predicted octanol–water partition coefficient (Wildman–Crippen LogP) is 3.94. The van der Waals surface area contributed by atoms with Crippen molar-refractivity contribution in [2.24, 2.45) is 0 Å². The standard InChI is InChI=1S/C19H21F2N3O/c1-13-4-3-5-18(14(13)2)23-8-10-24(11-9-23)19(25)22-17-7-6-15(20)12-16(17)21/h3-7,12H,8-11H2,1-2H3,(H,22,25). The number of urea groups is 1. The first-order valence-corrected chi connectivity index (χ1v) is 8.28. The summed E-state index contributed by atoms with van der Waals surface area (Å²) in [5.41, 5.74) is 3.66. The highest BCUT2D eigenvalue weighted by Gasteiger charge is 2.23. The summed E-state index contributed by atoms with van der Waals surface area (Å²) < 4.78 is 26.6. The minimum absolute atomic E-state index is 0.0108. The van der Waals surface area contributed by atoms with Gasteiger partial charge in [0.1, 0.15) is 11.6 Å². The topological polar surface area (TPSA) is 35.6 Å². The van der Waals surface area contributed by atoms with Gasteiger partial charge in [0.2, 0.25) is 0 Å². The van der Waals surface area contributed by atoms with E-state index in [4.69, 9.17) is 0 Å². The van der Waals surface area contributed by atoms with E-state index in [-0.39, 0.29) is 11.7 Å². The van der Waals surface area contributed by atoms with Crippen LogP contribution in [0.1, 0.15) is 11.1 Å². The van der Waals surface area contributed by atoms with Crippen LogP contribution in [0.4, 0.5) is 25.0 Å². The van der Waals surface area contributed by atoms with E-state index < -0.39 is 11.6 Å². The Morgan fingerprint density at radius 1 is 1.04 bits per heavy atom. The maximum atomic E-state index is 13.7. The van der Waals surface area contributed by atoms with Gasteiger partial charge in [0, 0.05) is 37.9 Å². The van der Waals surface area contributed by atoms with Crippen LogP contribution < -0.4 is 10.2 Å². The third-order valence-electron chi connectivity index (χ3n) is 4.66. The number of aryl methyl sites for hydroxylation is 1. The van der Waals surface area contributed by atoms with Gasteiger partial charge in [0.05, 0.1) is 5.69 Å². The Kier molecular flexibility index (Phi) is 4.88. The summed E-state index contributed by atoms with van der Waals surface area (Å²) >= 11 is 0. The maximum Gasteiger partial charge on any atom is 0.322 e. The second kappa shape index (κ2) is 7.09. The fourth-order valence-electron chi connectivity index (χ4n) is 3.01. The number of nitrogens with one attached hydrogen (secondary N) is 1. The van der Waals surface area contributed by atoms with Gasteiger partial charge < -0.3 is 15.1 Å². The zero-order valence-corrected chi connectivity index (χ0v) is 14.4. The molecule has 6 heteroatoms. The molecule has 3 rings (SSSR count). The number of piperazine rings is 1. The van der Waals surface area contributed by atoms with E-state index >= 15 is 0 Å². The molecule has 25 heavy (non-hydrogen) atoms. The highest BCUT2D eigenvalue weighted by atomic mass is 19.1. The van der Waals surface area contributed by atoms with Crippen molar-refractivity contribution < 1.29 is 13.6 Å². The lowest BCUT2D eigenvalue weighted by atomic mass is 10.1. The van der Waals surface area contributed by atoms with Crippen molar-refractivity contribution >= 4 is 17.4 Å². The molecule has 2 aromatic carbocycles. The van der Waals surface area contributed by atoms with Gasteiger partial charge in [-0.2, -0.15) is 0 Å². The number of carbonyl (C=O) groups excluding carboxylic acids is 1. The summed E-state index contributed by atoms with van der Waals surface area (Å²) in [6.07, 6.45) is 0. The average Bonchev–Trinajstić information content (AvgIpc) is 2.60. The van der Waals surface area contributed by atoms with Crippen molar-refractivity contribution in [2.75, 3.05) is 36.4 Å². The molecule has 0 aromatic heterocycles. The molecule has 0 radical (unpaired) electrons. The lowest BCUT2D eigenvalue weighted by Crippen LogP contribution is -2.50. The summed E-state index contributed by atoms with van der Waals surface area (Å²) in [4.78, 5) is 16.2. The molecule has 0 spiro atoms. The van der Waals surface area contributed by atoms with Gasteiger partial charge in [-0.15, -0.1) is 0 Å². The number of rotatable bonds is 2. The SMILES string of the molecule is Cc1cccc(N2CCN(C(=O)Nc3ccc(F)cc3F)CC2)c1C. The summed E-state index contributed by atoms with van der Waals surface area (Å²) in [6, 6.07) is 8.95. The molecule has 0 aliphatic carbocycles. The Bertz CT molecular complexity index is 786. The van der Waals surface area contributed by atoms with E-state index in [2.05, 4.69) is 36.2 Å². The van der Waals surface area contributed by atoms with Crippen LogP contribution in [-0.4, -0.2) is 37.1 Å². The highest BCUT2D eigenvalue weighted by molar-refractivity contribution is 5.89. The summed E-state index contributed by atoms with van der Waals surface area (Å²) in [5, 5.41) is 2.51. The van der Waals surface area contributed by atoms with E-state index in [1.807, 2.05) is 6.07 Å². The van der Waals surface area contributed by atoms with Gasteiger partial charge in [-0.3, -0.25) is 0 Å². The molecule has 2 aromatic rings. The molecule has 132 valence electrons. The number of hydrogen-bond donors (Lipinski definition) is 1. The number of amides is 2. The smallest absolute Gasteiger partial charge is 0.322 e. The quantitative estimate of drug-likeness (QED) is 0.895. The van der Waals surface area contributed by atoms with Crippen LogP contribution in [0.5, 0.6) is 0 Å². The van der Waals surface area contributed by atoms with Crippen LogP contribution >= 0.6 is 0 Å². The van der Waals surface area contributed by atoms with Crippen LogP contribution in [0.2, 0.25) is 0 Å². The zero-order chi connectivity index (χ0) is 18.0. The molecular formula is C19H21F2N3O. The molecular weight excluding hydrogens is 324 g/mol. The molecule has 0 bridgehead atoms. The number of anilines is 2. The molecule has 1 heterocycles. The normalized spacial score (nSPS) is 14.6. The van der Waals surface area contributed by atoms with Crippen molar-refractivity contribution in [1.29, 1.82) is 0 Å². The fourth-order valence-corrected chi connectivity index (χ4v) is 3.01. The zero-order valence-electron chi connectivity index (χ0n) is 14.4. The first-order chi connectivity index (χ1) is 12.0. The molecule has 1 aliphatic heterocycles. The Balaban J connectivity index is 1.62. The van der Waals surface area contributed by atoms with Crippen molar-refractivity contribution in [3.63, 3.8) is 0 Å². The van der Waals surface area contributed by atoms with Gasteiger partial charge in [-0.05, 0) is 43.2 Å². The van der Waals surface area contributed by atoms with E-state index in [9.17, 15) is 13.6 Å². The third-order valence-corrected chi connectivity index (χ3v) is 4.66. The van der Waals surface area contributed by atoms with E-state index in [0.717, 1.165) is 12.1 Å².